The number of benzene rings is 5. The fourth-order valence-electron chi connectivity index (χ4n) is 4.19. The molecule has 0 spiro atoms. The van der Waals surface area contributed by atoms with Gasteiger partial charge in [-0.3, -0.25) is 0 Å². The molecule has 0 radical (unpaired) electrons. The summed E-state index contributed by atoms with van der Waals surface area (Å²) in [7, 11) is 4.00. The van der Waals surface area contributed by atoms with Gasteiger partial charge in [0.2, 0.25) is 0 Å². The van der Waals surface area contributed by atoms with Gasteiger partial charge in [0.1, 0.15) is 5.75 Å². The Bertz CT molecular complexity index is 1820. The predicted molar refractivity (Wildman–Crippen MR) is 177 cm³/mol. The van der Waals surface area contributed by atoms with Crippen LogP contribution in [0.15, 0.2) is 140 Å². The number of rotatable bonds is 11. The van der Waals surface area contributed by atoms with Gasteiger partial charge in [0.15, 0.2) is 0 Å². The fraction of sp³-hybridized carbons (Fsp3) is 0.171. The molecule has 0 bridgehead atoms. The zero-order chi connectivity index (χ0) is 31.4. The monoisotopic (exact) mass is 599 g/mol. The third-order valence-corrected chi connectivity index (χ3v) is 6.68. The van der Waals surface area contributed by atoms with Crippen LogP contribution in [-0.2, 0) is 4.74 Å². The van der Waals surface area contributed by atoms with E-state index in [1.807, 2.05) is 111 Å². The van der Waals surface area contributed by atoms with E-state index in [1.165, 1.54) is 0 Å². The first kappa shape index (κ1) is 30.7. The zero-order valence-electron chi connectivity index (χ0n) is 25.4. The Labute approximate surface area is 261 Å². The molecule has 0 amide bonds. The lowest BCUT2D eigenvalue weighted by atomic mass is 10.1. The molecule has 0 atom stereocenters. The van der Waals surface area contributed by atoms with Crippen LogP contribution in [0.25, 0.3) is 10.8 Å². The molecular weight excluding hydrogens is 566 g/mol. The Morgan fingerprint density at radius 2 is 1.04 bits per heavy atom. The maximum Gasteiger partial charge on any atom is 0.513 e. The lowest BCUT2D eigenvalue weighted by Crippen LogP contribution is -2.11. The Balaban J connectivity index is 1.24. The van der Waals surface area contributed by atoms with E-state index in [-0.39, 0.29) is 0 Å². The average Bonchev–Trinajstić information content (AvgIpc) is 3.07. The molecule has 45 heavy (non-hydrogen) atoms. The standard InChI is InChI=1S/C35H33N7O3/c1-4-5-24-44-35(43)45-30-20-16-28(17-21-30)39-41-34-23-22-33(31-8-6-7-9-32(31)34)40-38-26-12-10-25(11-13-26)36-37-27-14-18-29(19-15-27)42(2)3/h6-23H,4-5,24H2,1-3H3/b37-36+,40-38+,41-39+. The van der Waals surface area contributed by atoms with Crippen LogP contribution >= 0.6 is 0 Å². The summed E-state index contributed by atoms with van der Waals surface area (Å²) in [6.45, 7) is 2.36. The van der Waals surface area contributed by atoms with Gasteiger partial charge in [-0.05, 0) is 91.3 Å². The van der Waals surface area contributed by atoms with E-state index < -0.39 is 6.16 Å². The van der Waals surface area contributed by atoms with Crippen molar-refractivity contribution >= 4 is 56.7 Å². The van der Waals surface area contributed by atoms with Gasteiger partial charge in [0.05, 0.1) is 40.7 Å². The minimum atomic E-state index is -0.720. The van der Waals surface area contributed by atoms with Crippen molar-refractivity contribution in [2.75, 3.05) is 25.6 Å². The van der Waals surface area contributed by atoms with Crippen LogP contribution in [0.2, 0.25) is 0 Å². The quantitative estimate of drug-likeness (QED) is 0.0650. The highest BCUT2D eigenvalue weighted by molar-refractivity contribution is 5.99. The summed E-state index contributed by atoms with van der Waals surface area (Å²) in [5, 5.41) is 28.2. The Morgan fingerprint density at radius 1 is 0.600 bits per heavy atom. The van der Waals surface area contributed by atoms with Gasteiger partial charge in [-0.2, -0.15) is 20.5 Å². The second kappa shape index (κ2) is 15.1. The van der Waals surface area contributed by atoms with Crippen molar-refractivity contribution in [2.45, 2.75) is 19.8 Å². The van der Waals surface area contributed by atoms with E-state index in [2.05, 4.69) is 30.7 Å². The summed E-state index contributed by atoms with van der Waals surface area (Å²) in [6, 6.07) is 33.6. The highest BCUT2D eigenvalue weighted by Gasteiger charge is 2.07. The van der Waals surface area contributed by atoms with Crippen molar-refractivity contribution in [1.82, 2.24) is 0 Å². The molecule has 226 valence electrons. The number of hydrogen-bond acceptors (Lipinski definition) is 10. The number of carbonyl (C=O) groups is 1. The first-order chi connectivity index (χ1) is 22.0. The first-order valence-corrected chi connectivity index (χ1v) is 14.6. The van der Waals surface area contributed by atoms with Crippen molar-refractivity contribution in [3.8, 4) is 5.75 Å². The highest BCUT2D eigenvalue weighted by atomic mass is 16.7. The van der Waals surface area contributed by atoms with Crippen molar-refractivity contribution < 1.29 is 14.3 Å². The largest absolute Gasteiger partial charge is 0.513 e. The molecule has 10 heteroatoms. The molecule has 0 aromatic heterocycles. The molecule has 0 N–H and O–H groups in total. The second-order valence-corrected chi connectivity index (χ2v) is 10.2. The number of nitrogens with zero attached hydrogens (tertiary/aromatic N) is 7. The summed E-state index contributed by atoms with van der Waals surface area (Å²) in [5.74, 6) is 0.376. The number of anilines is 1. The number of carbonyl (C=O) groups excluding carboxylic acids is 1. The SMILES string of the molecule is CCCCOC(=O)Oc1ccc(/N=N/c2ccc(/N=N/c3ccc(/N=N/c4ccc(N(C)C)cc4)cc3)c3ccccc23)cc1. The van der Waals surface area contributed by atoms with Crippen LogP contribution in [-0.4, -0.2) is 26.9 Å². The van der Waals surface area contributed by atoms with Gasteiger partial charge in [-0.25, -0.2) is 4.79 Å². The molecule has 5 rings (SSSR count). The summed E-state index contributed by atoms with van der Waals surface area (Å²) in [4.78, 5) is 13.8. The van der Waals surface area contributed by atoms with E-state index in [0.717, 1.165) is 40.7 Å². The van der Waals surface area contributed by atoms with Gasteiger partial charge < -0.3 is 14.4 Å². The molecule has 0 unspecified atom stereocenters. The molecule has 0 fully saturated rings. The van der Waals surface area contributed by atoms with Gasteiger partial charge >= 0.3 is 6.16 Å². The molecule has 0 aliphatic rings. The molecule has 0 aliphatic carbocycles. The summed E-state index contributed by atoms with van der Waals surface area (Å²) >= 11 is 0. The van der Waals surface area contributed by atoms with Crippen LogP contribution in [0.5, 0.6) is 5.75 Å². The van der Waals surface area contributed by atoms with Crippen molar-refractivity contribution in [1.29, 1.82) is 0 Å². The normalized spacial score (nSPS) is 11.5. The highest BCUT2D eigenvalue weighted by Crippen LogP contribution is 2.35. The van der Waals surface area contributed by atoms with Gasteiger partial charge in [0, 0.05) is 30.6 Å². The molecule has 0 heterocycles. The maximum absolute atomic E-state index is 11.8. The number of fused-ring (bicyclic) bond motifs is 1. The number of hydrogen-bond donors (Lipinski definition) is 0. The topological polar surface area (TPSA) is 113 Å². The van der Waals surface area contributed by atoms with Crippen molar-refractivity contribution in [2.24, 2.45) is 30.7 Å². The van der Waals surface area contributed by atoms with E-state index >= 15 is 0 Å². The predicted octanol–water partition coefficient (Wildman–Crippen LogP) is 11.5. The third kappa shape index (κ3) is 8.64. The molecular formula is C35H33N7O3. The van der Waals surface area contributed by atoms with Crippen LogP contribution in [0.1, 0.15) is 19.8 Å². The third-order valence-electron chi connectivity index (χ3n) is 6.68. The van der Waals surface area contributed by atoms with E-state index in [1.54, 1.807) is 24.3 Å². The molecule has 0 saturated carbocycles. The Kier molecular flexibility index (Phi) is 10.3. The van der Waals surface area contributed by atoms with Gasteiger partial charge in [-0.15, -0.1) is 10.2 Å². The lowest BCUT2D eigenvalue weighted by molar-refractivity contribution is 0.0978. The fourth-order valence-corrected chi connectivity index (χ4v) is 4.19. The maximum atomic E-state index is 11.8. The summed E-state index contributed by atoms with van der Waals surface area (Å²) in [6.07, 6.45) is 1.01. The van der Waals surface area contributed by atoms with E-state index in [0.29, 0.717) is 35.1 Å². The van der Waals surface area contributed by atoms with Crippen molar-refractivity contribution in [3.63, 3.8) is 0 Å². The van der Waals surface area contributed by atoms with Crippen LogP contribution < -0.4 is 9.64 Å². The Hall–Kier alpha value is -5.77. The zero-order valence-corrected chi connectivity index (χ0v) is 25.4. The van der Waals surface area contributed by atoms with Crippen LogP contribution in [0.4, 0.5) is 44.6 Å². The summed E-state index contributed by atoms with van der Waals surface area (Å²) < 4.78 is 10.2. The first-order valence-electron chi connectivity index (χ1n) is 14.6. The van der Waals surface area contributed by atoms with Gasteiger partial charge in [0.25, 0.3) is 0 Å². The van der Waals surface area contributed by atoms with E-state index in [4.69, 9.17) is 9.47 Å². The summed E-state index contributed by atoms with van der Waals surface area (Å²) in [5.41, 5.74) is 5.31. The minimum Gasteiger partial charge on any atom is -0.434 e. The smallest absolute Gasteiger partial charge is 0.434 e. The molecule has 0 saturated heterocycles. The number of unbranched alkanes of at least 4 members (excludes halogenated alkanes) is 1. The average molecular weight is 600 g/mol. The number of azo groups is 3. The van der Waals surface area contributed by atoms with Crippen molar-refractivity contribution in [3.05, 3.63) is 109 Å². The Morgan fingerprint density at radius 3 is 1.51 bits per heavy atom. The second-order valence-electron chi connectivity index (χ2n) is 10.2. The van der Waals surface area contributed by atoms with E-state index in [9.17, 15) is 4.79 Å². The minimum absolute atomic E-state index is 0.338. The lowest BCUT2D eigenvalue weighted by Gasteiger charge is -2.11. The molecule has 5 aromatic carbocycles. The van der Waals surface area contributed by atoms with Crippen LogP contribution in [0.3, 0.4) is 0 Å². The van der Waals surface area contributed by atoms with Crippen LogP contribution in [0, 0.1) is 0 Å². The molecule has 0 aliphatic heterocycles. The molecule has 10 nitrogen and oxygen atoms in total. The molecule has 5 aromatic rings. The number of ether oxygens (including phenoxy) is 2. The van der Waals surface area contributed by atoms with Gasteiger partial charge in [-0.1, -0.05) is 37.6 Å².